The molecule has 0 aliphatic heterocycles. The van der Waals surface area contributed by atoms with E-state index in [9.17, 15) is 4.79 Å². The first-order valence-corrected chi connectivity index (χ1v) is 7.12. The van der Waals surface area contributed by atoms with Crippen molar-refractivity contribution in [2.45, 2.75) is 38.1 Å². The molecule has 17 heavy (non-hydrogen) atoms. The fourth-order valence-electron chi connectivity index (χ4n) is 2.65. The molecule has 94 valence electrons. The number of nitrogens with two attached hydrogens (primary N) is 1. The van der Waals surface area contributed by atoms with Crippen LogP contribution in [0.4, 0.5) is 0 Å². The van der Waals surface area contributed by atoms with Crippen LogP contribution >= 0.6 is 11.3 Å². The van der Waals surface area contributed by atoms with Crippen LogP contribution in [0.3, 0.4) is 0 Å². The standard InChI is InChI=1S/C13H20N2OS/c1-10-5-2-3-7-13(10,9-14)15-12(16)11-6-4-8-17-11/h4,6,8,10H,2-3,5,7,9,14H2,1H3,(H,15,16). The highest BCUT2D eigenvalue weighted by Crippen LogP contribution is 2.33. The first-order valence-electron chi connectivity index (χ1n) is 6.24. The molecular weight excluding hydrogens is 232 g/mol. The fourth-order valence-corrected chi connectivity index (χ4v) is 3.27. The third-order valence-corrected chi connectivity index (χ3v) is 4.79. The lowest BCUT2D eigenvalue weighted by molar-refractivity contribution is 0.0817. The van der Waals surface area contributed by atoms with Crippen molar-refractivity contribution in [3.8, 4) is 0 Å². The van der Waals surface area contributed by atoms with Crippen LogP contribution in [0.15, 0.2) is 17.5 Å². The van der Waals surface area contributed by atoms with Crippen molar-refractivity contribution in [1.82, 2.24) is 5.32 Å². The Bertz CT molecular complexity index is 377. The lowest BCUT2D eigenvalue weighted by atomic mass is 9.73. The Kier molecular flexibility index (Phi) is 3.84. The summed E-state index contributed by atoms with van der Waals surface area (Å²) >= 11 is 1.48. The van der Waals surface area contributed by atoms with Crippen molar-refractivity contribution in [3.05, 3.63) is 22.4 Å². The van der Waals surface area contributed by atoms with Gasteiger partial charge in [0.15, 0.2) is 0 Å². The molecule has 1 fully saturated rings. The largest absolute Gasteiger partial charge is 0.344 e. The zero-order valence-corrected chi connectivity index (χ0v) is 11.1. The van der Waals surface area contributed by atoms with E-state index < -0.39 is 0 Å². The smallest absolute Gasteiger partial charge is 0.261 e. The van der Waals surface area contributed by atoms with Gasteiger partial charge in [-0.05, 0) is 30.2 Å². The van der Waals surface area contributed by atoms with Gasteiger partial charge in [0.25, 0.3) is 5.91 Å². The molecule has 2 rings (SSSR count). The molecule has 3 nitrogen and oxygen atoms in total. The van der Waals surface area contributed by atoms with Crippen LogP contribution in [0.5, 0.6) is 0 Å². The van der Waals surface area contributed by atoms with E-state index in [1.54, 1.807) is 0 Å². The molecule has 0 spiro atoms. The summed E-state index contributed by atoms with van der Waals surface area (Å²) in [7, 11) is 0. The van der Waals surface area contributed by atoms with E-state index in [-0.39, 0.29) is 11.4 Å². The molecule has 1 saturated carbocycles. The maximum absolute atomic E-state index is 12.1. The fraction of sp³-hybridized carbons (Fsp3) is 0.615. The Labute approximate surface area is 106 Å². The number of thiophene rings is 1. The summed E-state index contributed by atoms with van der Waals surface area (Å²) in [6, 6.07) is 3.76. The van der Waals surface area contributed by atoms with Gasteiger partial charge in [-0.3, -0.25) is 4.79 Å². The molecule has 3 N–H and O–H groups in total. The molecule has 1 aromatic rings. The van der Waals surface area contributed by atoms with E-state index in [2.05, 4.69) is 12.2 Å². The van der Waals surface area contributed by atoms with Gasteiger partial charge in [-0.1, -0.05) is 25.8 Å². The van der Waals surface area contributed by atoms with Crippen molar-refractivity contribution in [1.29, 1.82) is 0 Å². The second kappa shape index (κ2) is 5.19. The number of carbonyl (C=O) groups excluding carboxylic acids is 1. The molecule has 2 unspecified atom stereocenters. The van der Waals surface area contributed by atoms with E-state index in [1.165, 1.54) is 17.8 Å². The highest BCUT2D eigenvalue weighted by molar-refractivity contribution is 7.12. The first-order chi connectivity index (χ1) is 8.18. The molecular formula is C13H20N2OS. The molecule has 1 aliphatic rings. The molecule has 0 saturated heterocycles. The molecule has 0 aromatic carbocycles. The van der Waals surface area contributed by atoms with Crippen LogP contribution in [0.25, 0.3) is 0 Å². The maximum atomic E-state index is 12.1. The summed E-state index contributed by atoms with van der Waals surface area (Å²) in [5.41, 5.74) is 5.72. The van der Waals surface area contributed by atoms with Gasteiger partial charge in [0.1, 0.15) is 0 Å². The van der Waals surface area contributed by atoms with E-state index >= 15 is 0 Å². The summed E-state index contributed by atoms with van der Waals surface area (Å²) in [4.78, 5) is 12.9. The van der Waals surface area contributed by atoms with Gasteiger partial charge in [0.05, 0.1) is 10.4 Å². The minimum absolute atomic E-state index is 0.0270. The highest BCUT2D eigenvalue weighted by Gasteiger charge is 2.38. The van der Waals surface area contributed by atoms with Crippen LogP contribution < -0.4 is 11.1 Å². The normalized spacial score (nSPS) is 28.9. The summed E-state index contributed by atoms with van der Waals surface area (Å²) in [5, 5.41) is 5.11. The Morgan fingerprint density at radius 3 is 3.06 bits per heavy atom. The van der Waals surface area contributed by atoms with Crippen LogP contribution in [0, 0.1) is 5.92 Å². The molecule has 4 heteroatoms. The molecule has 2 atom stereocenters. The van der Waals surface area contributed by atoms with Crippen LogP contribution in [-0.4, -0.2) is 18.0 Å². The molecule has 0 bridgehead atoms. The Morgan fingerprint density at radius 2 is 2.47 bits per heavy atom. The number of carbonyl (C=O) groups is 1. The minimum Gasteiger partial charge on any atom is -0.344 e. The number of nitrogens with one attached hydrogen (secondary N) is 1. The van der Waals surface area contributed by atoms with Crippen molar-refractivity contribution in [3.63, 3.8) is 0 Å². The molecule has 1 heterocycles. The summed E-state index contributed by atoms with van der Waals surface area (Å²) in [6.07, 6.45) is 4.56. The van der Waals surface area contributed by atoms with Crippen molar-refractivity contribution in [2.75, 3.05) is 6.54 Å². The molecule has 1 aromatic heterocycles. The number of amides is 1. The lowest BCUT2D eigenvalue weighted by Gasteiger charge is -2.42. The van der Waals surface area contributed by atoms with E-state index in [0.29, 0.717) is 12.5 Å². The maximum Gasteiger partial charge on any atom is 0.261 e. The number of hydrogen-bond acceptors (Lipinski definition) is 3. The zero-order chi connectivity index (χ0) is 12.3. The zero-order valence-electron chi connectivity index (χ0n) is 10.2. The second-order valence-electron chi connectivity index (χ2n) is 4.94. The average molecular weight is 252 g/mol. The first kappa shape index (κ1) is 12.6. The lowest BCUT2D eigenvalue weighted by Crippen LogP contribution is -2.59. The SMILES string of the molecule is CC1CCCCC1(CN)NC(=O)c1cccs1. The summed E-state index contributed by atoms with van der Waals surface area (Å²) < 4.78 is 0. The topological polar surface area (TPSA) is 55.1 Å². The monoisotopic (exact) mass is 252 g/mol. The van der Waals surface area contributed by atoms with Gasteiger partial charge in [-0.2, -0.15) is 0 Å². The van der Waals surface area contributed by atoms with E-state index in [4.69, 9.17) is 5.73 Å². The predicted molar refractivity (Wildman–Crippen MR) is 71.2 cm³/mol. The Balaban J connectivity index is 2.11. The molecule has 0 radical (unpaired) electrons. The van der Waals surface area contributed by atoms with Gasteiger partial charge >= 0.3 is 0 Å². The quantitative estimate of drug-likeness (QED) is 0.868. The summed E-state index contributed by atoms with van der Waals surface area (Å²) in [5.74, 6) is 0.490. The Hall–Kier alpha value is -0.870. The van der Waals surface area contributed by atoms with Gasteiger partial charge in [-0.25, -0.2) is 0 Å². The second-order valence-corrected chi connectivity index (χ2v) is 5.89. The van der Waals surface area contributed by atoms with Gasteiger partial charge < -0.3 is 11.1 Å². The van der Waals surface area contributed by atoms with Crippen molar-refractivity contribution >= 4 is 17.2 Å². The molecule has 1 amide bonds. The van der Waals surface area contributed by atoms with Crippen LogP contribution in [-0.2, 0) is 0 Å². The number of hydrogen-bond donors (Lipinski definition) is 2. The number of rotatable bonds is 3. The van der Waals surface area contributed by atoms with E-state index in [0.717, 1.165) is 24.1 Å². The van der Waals surface area contributed by atoms with Gasteiger partial charge in [0.2, 0.25) is 0 Å². The van der Waals surface area contributed by atoms with E-state index in [1.807, 2.05) is 17.5 Å². The van der Waals surface area contributed by atoms with Crippen LogP contribution in [0.1, 0.15) is 42.3 Å². The van der Waals surface area contributed by atoms with Crippen LogP contribution in [0.2, 0.25) is 0 Å². The minimum atomic E-state index is -0.195. The summed E-state index contributed by atoms with van der Waals surface area (Å²) in [6.45, 7) is 2.73. The average Bonchev–Trinajstić information content (AvgIpc) is 2.86. The van der Waals surface area contributed by atoms with Crippen molar-refractivity contribution in [2.24, 2.45) is 11.7 Å². The third kappa shape index (κ3) is 2.53. The van der Waals surface area contributed by atoms with Crippen molar-refractivity contribution < 1.29 is 4.79 Å². The predicted octanol–water partition coefficient (Wildman–Crippen LogP) is 2.39. The Morgan fingerprint density at radius 1 is 1.65 bits per heavy atom. The third-order valence-electron chi connectivity index (χ3n) is 3.93. The van der Waals surface area contributed by atoms with Gasteiger partial charge in [-0.15, -0.1) is 11.3 Å². The molecule has 1 aliphatic carbocycles. The highest BCUT2D eigenvalue weighted by atomic mass is 32.1. The van der Waals surface area contributed by atoms with Gasteiger partial charge in [0, 0.05) is 6.54 Å².